The van der Waals surface area contributed by atoms with Gasteiger partial charge in [-0.3, -0.25) is 14.4 Å². The lowest BCUT2D eigenvalue weighted by Crippen LogP contribution is -2.50. The van der Waals surface area contributed by atoms with Gasteiger partial charge < -0.3 is 10.2 Å². The third kappa shape index (κ3) is 4.80. The van der Waals surface area contributed by atoms with Crippen LogP contribution in [0, 0.1) is 0 Å². The quantitative estimate of drug-likeness (QED) is 0.853. The van der Waals surface area contributed by atoms with E-state index in [0.717, 1.165) is 52.0 Å². The van der Waals surface area contributed by atoms with Crippen molar-refractivity contribution >= 4 is 5.91 Å². The molecule has 6 heteroatoms. The molecule has 1 N–H and O–H groups in total. The summed E-state index contributed by atoms with van der Waals surface area (Å²) >= 11 is 0. The van der Waals surface area contributed by atoms with E-state index in [2.05, 4.69) is 27.1 Å². The summed E-state index contributed by atoms with van der Waals surface area (Å²) in [5.74, 6) is 0.192. The van der Waals surface area contributed by atoms with Crippen LogP contribution in [0.4, 0.5) is 0 Å². The van der Waals surface area contributed by atoms with Crippen LogP contribution in [0.25, 0.3) is 0 Å². The second kappa shape index (κ2) is 8.62. The highest BCUT2D eigenvalue weighted by Gasteiger charge is 2.26. The van der Waals surface area contributed by atoms with E-state index in [4.69, 9.17) is 0 Å². The van der Waals surface area contributed by atoms with E-state index >= 15 is 0 Å². The van der Waals surface area contributed by atoms with Crippen molar-refractivity contribution < 1.29 is 4.79 Å². The highest BCUT2D eigenvalue weighted by Crippen LogP contribution is 2.18. The summed E-state index contributed by atoms with van der Waals surface area (Å²) in [5, 5.41) is 7.58. The number of hydrogen-bond donors (Lipinski definition) is 1. The van der Waals surface area contributed by atoms with Gasteiger partial charge in [-0.25, -0.2) is 0 Å². The van der Waals surface area contributed by atoms with Gasteiger partial charge in [0.15, 0.2) is 0 Å². The van der Waals surface area contributed by atoms with Crippen molar-refractivity contribution in [3.63, 3.8) is 0 Å². The van der Waals surface area contributed by atoms with Gasteiger partial charge in [-0.15, -0.1) is 0 Å². The molecule has 2 aliphatic heterocycles. The molecule has 0 radical (unpaired) electrons. The molecule has 2 fully saturated rings. The predicted molar refractivity (Wildman–Crippen MR) is 94.7 cm³/mol. The zero-order chi connectivity index (χ0) is 16.8. The third-order valence-corrected chi connectivity index (χ3v) is 5.45. The second-order valence-corrected chi connectivity index (χ2v) is 7.12. The van der Waals surface area contributed by atoms with Crippen molar-refractivity contribution in [2.45, 2.75) is 57.7 Å². The number of amides is 1. The van der Waals surface area contributed by atoms with Crippen LogP contribution in [-0.4, -0.2) is 70.3 Å². The number of aromatic nitrogens is 2. The minimum Gasteiger partial charge on any atom is -0.352 e. The Bertz CT molecular complexity index is 496. The Hall–Kier alpha value is -1.40. The second-order valence-electron chi connectivity index (χ2n) is 7.12. The van der Waals surface area contributed by atoms with Crippen LogP contribution in [0.15, 0.2) is 18.5 Å². The fourth-order valence-corrected chi connectivity index (χ4v) is 3.95. The van der Waals surface area contributed by atoms with E-state index in [1.807, 2.05) is 23.1 Å². The standard InChI is InChI=1S/C18H31N5O/c1-2-21-12-7-16(8-13-21)20-18(24)15-22-10-4-3-6-17(22)14-23-11-5-9-19-23/h5,9,11,16-17H,2-4,6-8,10,12-15H2,1H3,(H,20,24)/t17-/m0/s1. The summed E-state index contributed by atoms with van der Waals surface area (Å²) < 4.78 is 1.99. The Labute approximate surface area is 145 Å². The maximum atomic E-state index is 12.5. The molecule has 6 nitrogen and oxygen atoms in total. The first-order valence-electron chi connectivity index (χ1n) is 9.48. The van der Waals surface area contributed by atoms with E-state index in [1.165, 1.54) is 12.8 Å². The molecule has 1 atom stereocenters. The lowest BCUT2D eigenvalue weighted by molar-refractivity contribution is -0.124. The zero-order valence-corrected chi connectivity index (χ0v) is 14.9. The highest BCUT2D eigenvalue weighted by atomic mass is 16.2. The van der Waals surface area contributed by atoms with E-state index in [-0.39, 0.29) is 5.91 Å². The van der Waals surface area contributed by atoms with Crippen LogP contribution < -0.4 is 5.32 Å². The Morgan fingerprint density at radius 1 is 1.21 bits per heavy atom. The van der Waals surface area contributed by atoms with Crippen molar-refractivity contribution in [2.75, 3.05) is 32.7 Å². The summed E-state index contributed by atoms with van der Waals surface area (Å²) in [4.78, 5) is 17.3. The molecule has 1 amide bonds. The van der Waals surface area contributed by atoms with Gasteiger partial charge in [-0.2, -0.15) is 5.10 Å². The van der Waals surface area contributed by atoms with Crippen LogP contribution in [-0.2, 0) is 11.3 Å². The minimum atomic E-state index is 0.192. The molecule has 1 aromatic heterocycles. The number of hydrogen-bond acceptors (Lipinski definition) is 4. The molecule has 2 saturated heterocycles. The van der Waals surface area contributed by atoms with Crippen LogP contribution in [0.3, 0.4) is 0 Å². The monoisotopic (exact) mass is 333 g/mol. The van der Waals surface area contributed by atoms with Crippen LogP contribution in [0.1, 0.15) is 39.0 Å². The highest BCUT2D eigenvalue weighted by molar-refractivity contribution is 5.78. The fraction of sp³-hybridized carbons (Fsp3) is 0.778. The van der Waals surface area contributed by atoms with Gasteiger partial charge in [-0.1, -0.05) is 13.3 Å². The number of nitrogens with one attached hydrogen (secondary N) is 1. The van der Waals surface area contributed by atoms with E-state index < -0.39 is 0 Å². The van der Waals surface area contributed by atoms with Gasteiger partial charge in [0, 0.05) is 37.6 Å². The lowest BCUT2D eigenvalue weighted by Gasteiger charge is -2.36. The predicted octanol–water partition coefficient (Wildman–Crippen LogP) is 1.34. The largest absolute Gasteiger partial charge is 0.352 e. The summed E-state index contributed by atoms with van der Waals surface area (Å²) in [6, 6.07) is 2.74. The molecule has 3 rings (SSSR count). The van der Waals surface area contributed by atoms with Gasteiger partial charge in [0.1, 0.15) is 0 Å². The van der Waals surface area contributed by atoms with Gasteiger partial charge in [0.2, 0.25) is 5.91 Å². The molecule has 0 spiro atoms. The van der Waals surface area contributed by atoms with Crippen LogP contribution >= 0.6 is 0 Å². The molecule has 24 heavy (non-hydrogen) atoms. The number of carbonyl (C=O) groups excluding carboxylic acids is 1. The van der Waals surface area contributed by atoms with E-state index in [1.54, 1.807) is 0 Å². The first-order valence-corrected chi connectivity index (χ1v) is 9.48. The molecule has 0 unspecified atom stereocenters. The molecule has 134 valence electrons. The zero-order valence-electron chi connectivity index (χ0n) is 14.9. The third-order valence-electron chi connectivity index (χ3n) is 5.45. The van der Waals surface area contributed by atoms with E-state index in [9.17, 15) is 4.79 Å². The summed E-state index contributed by atoms with van der Waals surface area (Å²) in [7, 11) is 0. The maximum Gasteiger partial charge on any atom is 0.234 e. The van der Waals surface area contributed by atoms with Gasteiger partial charge in [-0.05, 0) is 44.8 Å². The van der Waals surface area contributed by atoms with Crippen molar-refractivity contribution in [1.29, 1.82) is 0 Å². The maximum absolute atomic E-state index is 12.5. The van der Waals surface area contributed by atoms with Crippen molar-refractivity contribution in [2.24, 2.45) is 0 Å². The molecule has 0 saturated carbocycles. The Morgan fingerprint density at radius 3 is 2.75 bits per heavy atom. The van der Waals surface area contributed by atoms with Gasteiger partial charge in [0.25, 0.3) is 0 Å². The fourth-order valence-electron chi connectivity index (χ4n) is 3.95. The van der Waals surface area contributed by atoms with Crippen molar-refractivity contribution in [1.82, 2.24) is 24.9 Å². The average molecular weight is 333 g/mol. The van der Waals surface area contributed by atoms with Crippen LogP contribution in [0.5, 0.6) is 0 Å². The van der Waals surface area contributed by atoms with E-state index in [0.29, 0.717) is 18.6 Å². The number of likely N-dealkylation sites (tertiary alicyclic amines) is 2. The van der Waals surface area contributed by atoms with Gasteiger partial charge in [0.05, 0.1) is 13.1 Å². The average Bonchev–Trinajstić information content (AvgIpc) is 3.10. The number of nitrogens with zero attached hydrogens (tertiary/aromatic N) is 4. The van der Waals surface area contributed by atoms with Crippen molar-refractivity contribution in [3.8, 4) is 0 Å². The normalized spacial score (nSPS) is 24.1. The molecule has 0 aliphatic carbocycles. The number of carbonyl (C=O) groups is 1. The molecular formula is C18H31N5O. The van der Waals surface area contributed by atoms with Gasteiger partial charge >= 0.3 is 0 Å². The molecule has 0 aromatic carbocycles. The molecule has 3 heterocycles. The molecular weight excluding hydrogens is 302 g/mol. The Morgan fingerprint density at radius 2 is 2.04 bits per heavy atom. The lowest BCUT2D eigenvalue weighted by atomic mass is 10.0. The first-order chi connectivity index (χ1) is 11.7. The Kier molecular flexibility index (Phi) is 6.26. The topological polar surface area (TPSA) is 53.4 Å². The van der Waals surface area contributed by atoms with Crippen LogP contribution in [0.2, 0.25) is 0 Å². The molecule has 0 bridgehead atoms. The Balaban J connectivity index is 1.47. The number of rotatable bonds is 6. The minimum absolute atomic E-state index is 0.192. The smallest absolute Gasteiger partial charge is 0.234 e. The molecule has 2 aliphatic rings. The number of piperidine rings is 2. The first kappa shape index (κ1) is 17.4. The SMILES string of the molecule is CCN1CCC(NC(=O)CN2CCCC[C@H]2Cn2cccn2)CC1. The summed E-state index contributed by atoms with van der Waals surface area (Å²) in [6.07, 6.45) is 9.59. The molecule has 1 aromatic rings. The summed E-state index contributed by atoms with van der Waals surface area (Å²) in [5.41, 5.74) is 0. The van der Waals surface area contributed by atoms with Crippen molar-refractivity contribution in [3.05, 3.63) is 18.5 Å². The summed E-state index contributed by atoms with van der Waals surface area (Å²) in [6.45, 7) is 7.96.